The van der Waals surface area contributed by atoms with Crippen molar-refractivity contribution in [2.75, 3.05) is 56.5 Å². The first kappa shape index (κ1) is 16.7. The fourth-order valence-corrected chi connectivity index (χ4v) is 3.04. The van der Waals surface area contributed by atoms with Crippen LogP contribution in [0.5, 0.6) is 0 Å². The van der Waals surface area contributed by atoms with Gasteiger partial charge in [0.25, 0.3) is 0 Å². The monoisotopic (exact) mass is 331 g/mol. The lowest BCUT2D eigenvalue weighted by molar-refractivity contribution is -0.124. The van der Waals surface area contributed by atoms with E-state index in [1.807, 2.05) is 12.1 Å². The molecule has 0 radical (unpaired) electrons. The van der Waals surface area contributed by atoms with Gasteiger partial charge in [0.05, 0.1) is 6.54 Å². The van der Waals surface area contributed by atoms with Gasteiger partial charge in [-0.3, -0.25) is 14.9 Å². The summed E-state index contributed by atoms with van der Waals surface area (Å²) in [5.41, 5.74) is 1.96. The lowest BCUT2D eigenvalue weighted by Crippen LogP contribution is -2.56. The Bertz CT molecular complexity index is 579. The number of carbonyl (C=O) groups excluding carboxylic acids is 2. The Morgan fingerprint density at radius 2 is 1.96 bits per heavy atom. The molecule has 1 aromatic carbocycles. The summed E-state index contributed by atoms with van der Waals surface area (Å²) in [6.07, 6.45) is 1.16. The second-order valence-electron chi connectivity index (χ2n) is 6.42. The van der Waals surface area contributed by atoms with Crippen molar-refractivity contribution in [1.82, 2.24) is 15.5 Å². The highest BCUT2D eigenvalue weighted by atomic mass is 16.2. The molecule has 7 heteroatoms. The van der Waals surface area contributed by atoms with Crippen molar-refractivity contribution in [1.29, 1.82) is 0 Å². The zero-order valence-electron chi connectivity index (χ0n) is 14.0. The Kier molecular flexibility index (Phi) is 5.32. The van der Waals surface area contributed by atoms with Crippen molar-refractivity contribution in [3.8, 4) is 0 Å². The third kappa shape index (κ3) is 4.24. The normalized spacial score (nSPS) is 22.6. The molecule has 2 saturated heterocycles. The summed E-state index contributed by atoms with van der Waals surface area (Å²) in [6.45, 7) is 4.78. The van der Waals surface area contributed by atoms with E-state index in [1.54, 1.807) is 0 Å². The summed E-state index contributed by atoms with van der Waals surface area (Å²) in [7, 11) is 2.16. The van der Waals surface area contributed by atoms with Gasteiger partial charge in [-0.1, -0.05) is 0 Å². The molecule has 2 aliphatic rings. The average Bonchev–Trinajstić information content (AvgIpc) is 2.81. The fourth-order valence-electron chi connectivity index (χ4n) is 3.04. The minimum atomic E-state index is -0.386. The molecule has 1 aromatic rings. The third-order valence-electron chi connectivity index (χ3n) is 4.55. The van der Waals surface area contributed by atoms with E-state index in [-0.39, 0.29) is 24.4 Å². The number of amides is 2. The van der Waals surface area contributed by atoms with Crippen molar-refractivity contribution >= 4 is 23.2 Å². The second-order valence-corrected chi connectivity index (χ2v) is 6.42. The van der Waals surface area contributed by atoms with Crippen LogP contribution in [0.25, 0.3) is 0 Å². The maximum Gasteiger partial charge on any atom is 0.243 e. The van der Waals surface area contributed by atoms with Crippen LogP contribution >= 0.6 is 0 Å². The molecule has 2 amide bonds. The van der Waals surface area contributed by atoms with Crippen LogP contribution in [0.4, 0.5) is 11.4 Å². The first-order chi connectivity index (χ1) is 11.6. The largest absolute Gasteiger partial charge is 0.370 e. The maximum absolute atomic E-state index is 12.2. The topological polar surface area (TPSA) is 76.7 Å². The predicted molar refractivity (Wildman–Crippen MR) is 94.2 cm³/mol. The van der Waals surface area contributed by atoms with Crippen LogP contribution in [-0.4, -0.2) is 69.1 Å². The predicted octanol–water partition coefficient (Wildman–Crippen LogP) is -0.145. The number of anilines is 2. The van der Waals surface area contributed by atoms with E-state index in [0.29, 0.717) is 6.54 Å². The standard InChI is InChI=1S/C17H25N5O2/c1-21-7-2-8-22(10-9-21)14-5-3-13(4-6-14)20-17(24)15-11-19-16(23)12-18-15/h3-6,15,18H,2,7-12H2,1H3,(H,19,23)(H,20,24). The van der Waals surface area contributed by atoms with Crippen LogP contribution in [0.1, 0.15) is 6.42 Å². The van der Waals surface area contributed by atoms with Gasteiger partial charge >= 0.3 is 0 Å². The van der Waals surface area contributed by atoms with Crippen LogP contribution in [0.15, 0.2) is 24.3 Å². The van der Waals surface area contributed by atoms with Crippen LogP contribution in [-0.2, 0) is 9.59 Å². The molecule has 0 bridgehead atoms. The molecule has 1 unspecified atom stereocenters. The SMILES string of the molecule is CN1CCCN(c2ccc(NC(=O)C3CNC(=O)CN3)cc2)CC1. The molecule has 0 aliphatic carbocycles. The van der Waals surface area contributed by atoms with Gasteiger partial charge in [-0.2, -0.15) is 0 Å². The molecule has 2 aliphatic heterocycles. The number of benzene rings is 1. The van der Waals surface area contributed by atoms with Crippen molar-refractivity contribution < 1.29 is 9.59 Å². The average molecular weight is 331 g/mol. The highest BCUT2D eigenvalue weighted by molar-refractivity contribution is 5.96. The number of piperazine rings is 1. The Morgan fingerprint density at radius 1 is 1.17 bits per heavy atom. The lowest BCUT2D eigenvalue weighted by Gasteiger charge is -2.24. The van der Waals surface area contributed by atoms with Gasteiger partial charge < -0.3 is 20.4 Å². The highest BCUT2D eigenvalue weighted by Gasteiger charge is 2.23. The summed E-state index contributed by atoms with van der Waals surface area (Å²) < 4.78 is 0. The quantitative estimate of drug-likeness (QED) is 0.718. The number of carbonyl (C=O) groups is 2. The van der Waals surface area contributed by atoms with E-state index in [9.17, 15) is 9.59 Å². The van der Waals surface area contributed by atoms with Crippen LogP contribution in [0.3, 0.4) is 0 Å². The molecule has 7 nitrogen and oxygen atoms in total. The molecule has 2 heterocycles. The molecule has 3 rings (SSSR count). The van der Waals surface area contributed by atoms with E-state index in [0.717, 1.165) is 38.3 Å². The minimum Gasteiger partial charge on any atom is -0.370 e. The van der Waals surface area contributed by atoms with Gasteiger partial charge in [-0.05, 0) is 44.3 Å². The first-order valence-corrected chi connectivity index (χ1v) is 8.46. The zero-order valence-corrected chi connectivity index (χ0v) is 14.0. The molecule has 2 fully saturated rings. The number of nitrogens with one attached hydrogen (secondary N) is 3. The summed E-state index contributed by atoms with van der Waals surface area (Å²) in [5.74, 6) is -0.203. The first-order valence-electron chi connectivity index (χ1n) is 8.46. The molecule has 130 valence electrons. The van der Waals surface area contributed by atoms with E-state index in [4.69, 9.17) is 0 Å². The van der Waals surface area contributed by atoms with Crippen molar-refractivity contribution in [2.45, 2.75) is 12.5 Å². The van der Waals surface area contributed by atoms with E-state index >= 15 is 0 Å². The Hall–Kier alpha value is -2.12. The van der Waals surface area contributed by atoms with Crippen LogP contribution in [0.2, 0.25) is 0 Å². The fraction of sp³-hybridized carbons (Fsp3) is 0.529. The maximum atomic E-state index is 12.2. The summed E-state index contributed by atoms with van der Waals surface area (Å²) in [4.78, 5) is 28.0. The van der Waals surface area contributed by atoms with Gasteiger partial charge in [-0.25, -0.2) is 0 Å². The Balaban J connectivity index is 1.56. The second kappa shape index (κ2) is 7.63. The Morgan fingerprint density at radius 3 is 2.67 bits per heavy atom. The minimum absolute atomic E-state index is 0.0773. The smallest absolute Gasteiger partial charge is 0.243 e. The summed E-state index contributed by atoms with van der Waals surface area (Å²) >= 11 is 0. The molecular weight excluding hydrogens is 306 g/mol. The summed E-state index contributed by atoms with van der Waals surface area (Å²) in [6, 6.07) is 7.59. The van der Waals surface area contributed by atoms with Crippen LogP contribution < -0.4 is 20.9 Å². The molecule has 3 N–H and O–H groups in total. The van der Waals surface area contributed by atoms with Crippen molar-refractivity contribution in [3.63, 3.8) is 0 Å². The van der Waals surface area contributed by atoms with Gasteiger partial charge in [0.2, 0.25) is 11.8 Å². The number of likely N-dealkylation sites (N-methyl/N-ethyl adjacent to an activating group) is 1. The van der Waals surface area contributed by atoms with Crippen molar-refractivity contribution in [2.24, 2.45) is 0 Å². The Labute approximate surface area is 142 Å². The molecule has 0 spiro atoms. The number of nitrogens with zero attached hydrogens (tertiary/aromatic N) is 2. The highest BCUT2D eigenvalue weighted by Crippen LogP contribution is 2.19. The summed E-state index contributed by atoms with van der Waals surface area (Å²) in [5, 5.41) is 8.51. The van der Waals surface area contributed by atoms with Crippen LogP contribution in [0, 0.1) is 0 Å². The van der Waals surface area contributed by atoms with Gasteiger partial charge in [0.1, 0.15) is 6.04 Å². The molecule has 0 aromatic heterocycles. The molecule has 1 atom stereocenters. The molecule has 24 heavy (non-hydrogen) atoms. The molecular formula is C17H25N5O2. The molecule has 0 saturated carbocycles. The van der Waals surface area contributed by atoms with Gasteiger partial charge in [-0.15, -0.1) is 0 Å². The van der Waals surface area contributed by atoms with E-state index in [1.165, 1.54) is 5.69 Å². The third-order valence-corrected chi connectivity index (χ3v) is 4.55. The van der Waals surface area contributed by atoms with E-state index in [2.05, 4.69) is 44.9 Å². The zero-order chi connectivity index (χ0) is 16.9. The lowest BCUT2D eigenvalue weighted by atomic mass is 10.2. The van der Waals surface area contributed by atoms with Gasteiger partial charge in [0, 0.05) is 37.6 Å². The number of hydrogen-bond acceptors (Lipinski definition) is 5. The van der Waals surface area contributed by atoms with Gasteiger partial charge in [0.15, 0.2) is 0 Å². The number of rotatable bonds is 3. The van der Waals surface area contributed by atoms with E-state index < -0.39 is 0 Å². The number of hydrogen-bond donors (Lipinski definition) is 3. The van der Waals surface area contributed by atoms with Crippen molar-refractivity contribution in [3.05, 3.63) is 24.3 Å².